The van der Waals surface area contributed by atoms with Crippen LogP contribution >= 0.6 is 7.60 Å². The Balaban J connectivity index is 3.06. The largest absolute Gasteiger partial charge is 0.507 e. The van der Waals surface area contributed by atoms with Crippen LogP contribution in [0.3, 0.4) is 0 Å². The second-order valence-electron chi connectivity index (χ2n) is 4.62. The summed E-state index contributed by atoms with van der Waals surface area (Å²) in [4.78, 5) is 18.9. The Labute approximate surface area is 116 Å². The fourth-order valence-electron chi connectivity index (χ4n) is 2.55. The van der Waals surface area contributed by atoms with Crippen molar-refractivity contribution in [2.24, 2.45) is 0 Å². The van der Waals surface area contributed by atoms with E-state index in [1.54, 1.807) is 19.1 Å². The van der Waals surface area contributed by atoms with Crippen molar-refractivity contribution in [1.29, 1.82) is 0 Å². The lowest BCUT2D eigenvalue weighted by atomic mass is 9.97. The summed E-state index contributed by atoms with van der Waals surface area (Å²) in [5, 5.41) is 20.9. The molecular formula is C14H17O5P. The summed E-state index contributed by atoms with van der Waals surface area (Å²) < 4.78 is 11.6. The van der Waals surface area contributed by atoms with Crippen molar-refractivity contribution in [2.75, 3.05) is 0 Å². The van der Waals surface area contributed by atoms with E-state index in [0.29, 0.717) is 11.8 Å². The van der Waals surface area contributed by atoms with E-state index in [1.807, 2.05) is 13.0 Å². The summed E-state index contributed by atoms with van der Waals surface area (Å²) in [6.45, 7) is 3.59. The quantitative estimate of drug-likeness (QED) is 0.514. The fourth-order valence-corrected chi connectivity index (χ4v) is 3.57. The van der Waals surface area contributed by atoms with Crippen LogP contribution in [-0.2, 0) is 17.4 Å². The molecule has 4 N–H and O–H groups in total. The normalized spacial score (nSPS) is 12.0. The second-order valence-corrected chi connectivity index (χ2v) is 6.15. The zero-order valence-electron chi connectivity index (χ0n) is 11.3. The zero-order chi connectivity index (χ0) is 15.1. The van der Waals surface area contributed by atoms with Crippen LogP contribution < -0.4 is 5.30 Å². The molecule has 0 saturated heterocycles. The van der Waals surface area contributed by atoms with Crippen LogP contribution in [-0.4, -0.2) is 20.0 Å². The van der Waals surface area contributed by atoms with Gasteiger partial charge in [0.1, 0.15) is 16.8 Å². The maximum atomic E-state index is 11.6. The Kier molecular flexibility index (Phi) is 3.78. The number of aromatic hydroxyl groups is 2. The third-order valence-electron chi connectivity index (χ3n) is 3.46. The topological polar surface area (TPSA) is 98.0 Å². The molecule has 0 aliphatic carbocycles. The van der Waals surface area contributed by atoms with Crippen molar-refractivity contribution in [1.82, 2.24) is 0 Å². The van der Waals surface area contributed by atoms with Crippen LogP contribution in [0.15, 0.2) is 18.2 Å². The second kappa shape index (κ2) is 5.09. The molecule has 0 bridgehead atoms. The van der Waals surface area contributed by atoms with Crippen LogP contribution in [0.5, 0.6) is 11.5 Å². The molecule has 2 rings (SSSR count). The highest BCUT2D eigenvalue weighted by Gasteiger charge is 2.30. The van der Waals surface area contributed by atoms with Crippen LogP contribution in [0.2, 0.25) is 0 Å². The lowest BCUT2D eigenvalue weighted by Crippen LogP contribution is -2.12. The summed E-state index contributed by atoms with van der Waals surface area (Å²) >= 11 is 0. The van der Waals surface area contributed by atoms with Gasteiger partial charge in [-0.2, -0.15) is 0 Å². The number of rotatable bonds is 3. The van der Waals surface area contributed by atoms with Gasteiger partial charge in [0.05, 0.1) is 0 Å². The summed E-state index contributed by atoms with van der Waals surface area (Å²) in [6.07, 6.45) is 0.858. The third-order valence-corrected chi connectivity index (χ3v) is 4.53. The van der Waals surface area contributed by atoms with E-state index < -0.39 is 18.6 Å². The van der Waals surface area contributed by atoms with Crippen molar-refractivity contribution in [3.05, 3.63) is 29.3 Å². The first-order chi connectivity index (χ1) is 9.32. The van der Waals surface area contributed by atoms with Gasteiger partial charge in [-0.05, 0) is 18.4 Å². The number of fused-ring (bicyclic) bond motifs is 1. The molecule has 0 aliphatic rings. The monoisotopic (exact) mass is 296 g/mol. The van der Waals surface area contributed by atoms with Crippen molar-refractivity contribution < 1.29 is 24.6 Å². The highest BCUT2D eigenvalue weighted by atomic mass is 31.2. The Morgan fingerprint density at radius 2 is 1.70 bits per heavy atom. The van der Waals surface area contributed by atoms with Gasteiger partial charge in [-0.3, -0.25) is 4.57 Å². The molecule has 0 spiro atoms. The third kappa shape index (κ3) is 2.18. The van der Waals surface area contributed by atoms with Gasteiger partial charge in [0.2, 0.25) is 0 Å². The van der Waals surface area contributed by atoms with Crippen molar-refractivity contribution in [3.8, 4) is 11.5 Å². The standard InChI is InChI=1S/C14H17O5P/c1-3-8-6-5-7-10-11(8)12(15)9(4-2)14(13(10)16)20(17,18)19/h5-7,15-16H,3-4H2,1-2H3,(H2,17,18,19). The first kappa shape index (κ1) is 14.9. The van der Waals surface area contributed by atoms with Gasteiger partial charge in [0.25, 0.3) is 0 Å². The Morgan fingerprint density at radius 3 is 2.20 bits per heavy atom. The molecule has 2 aromatic carbocycles. The van der Waals surface area contributed by atoms with Crippen LogP contribution in [0.25, 0.3) is 10.8 Å². The molecule has 0 atom stereocenters. The maximum Gasteiger partial charge on any atom is 0.360 e. The first-order valence-corrected chi connectivity index (χ1v) is 7.98. The number of aryl methyl sites for hydroxylation is 1. The van der Waals surface area contributed by atoms with E-state index in [4.69, 9.17) is 0 Å². The van der Waals surface area contributed by atoms with Crippen LogP contribution in [0.1, 0.15) is 25.0 Å². The Hall–Kier alpha value is -1.55. The molecule has 6 heteroatoms. The fraction of sp³-hybridized carbons (Fsp3) is 0.286. The highest BCUT2D eigenvalue weighted by molar-refractivity contribution is 7.60. The van der Waals surface area contributed by atoms with Crippen LogP contribution in [0, 0.1) is 0 Å². The molecule has 2 aromatic rings. The molecule has 0 amide bonds. The van der Waals surface area contributed by atoms with Gasteiger partial charge in [-0.15, -0.1) is 0 Å². The SMILES string of the molecule is CCc1c(P(=O)(O)O)c(O)c2cccc(CC)c2c1O. The number of hydrogen-bond donors (Lipinski definition) is 4. The van der Waals surface area contributed by atoms with Crippen molar-refractivity contribution in [3.63, 3.8) is 0 Å². The minimum absolute atomic E-state index is 0.101. The summed E-state index contributed by atoms with van der Waals surface area (Å²) in [7, 11) is -4.67. The molecule has 0 unspecified atom stereocenters. The highest BCUT2D eigenvalue weighted by Crippen LogP contribution is 2.46. The molecule has 0 radical (unpaired) electrons. The van der Waals surface area contributed by atoms with E-state index in [-0.39, 0.29) is 23.1 Å². The lowest BCUT2D eigenvalue weighted by Gasteiger charge is -2.18. The van der Waals surface area contributed by atoms with Gasteiger partial charge in [0, 0.05) is 16.3 Å². The van der Waals surface area contributed by atoms with Gasteiger partial charge >= 0.3 is 7.60 Å². The summed E-state index contributed by atoms with van der Waals surface area (Å²) in [6, 6.07) is 5.05. The van der Waals surface area contributed by atoms with Gasteiger partial charge in [-0.1, -0.05) is 32.0 Å². The van der Waals surface area contributed by atoms with E-state index in [0.717, 1.165) is 5.56 Å². The average Bonchev–Trinajstić information content (AvgIpc) is 2.40. The molecule has 108 valence electrons. The van der Waals surface area contributed by atoms with Crippen molar-refractivity contribution >= 4 is 23.7 Å². The molecule has 0 fully saturated rings. The van der Waals surface area contributed by atoms with Gasteiger partial charge in [0.15, 0.2) is 0 Å². The molecule has 20 heavy (non-hydrogen) atoms. The molecular weight excluding hydrogens is 279 g/mol. The van der Waals surface area contributed by atoms with E-state index in [9.17, 15) is 24.6 Å². The predicted molar refractivity (Wildman–Crippen MR) is 77.7 cm³/mol. The molecule has 0 aromatic heterocycles. The van der Waals surface area contributed by atoms with Crippen molar-refractivity contribution in [2.45, 2.75) is 26.7 Å². The van der Waals surface area contributed by atoms with Crippen LogP contribution in [0.4, 0.5) is 0 Å². The number of phenolic OH excluding ortho intramolecular Hbond substituents is 2. The molecule has 5 nitrogen and oxygen atoms in total. The minimum atomic E-state index is -4.67. The predicted octanol–water partition coefficient (Wildman–Crippen LogP) is 2.18. The minimum Gasteiger partial charge on any atom is -0.507 e. The smallest absolute Gasteiger partial charge is 0.360 e. The Morgan fingerprint density at radius 1 is 1.05 bits per heavy atom. The summed E-state index contributed by atoms with van der Waals surface area (Å²) in [5.74, 6) is -0.602. The summed E-state index contributed by atoms with van der Waals surface area (Å²) in [5.41, 5.74) is 0.923. The molecule has 0 saturated carbocycles. The Bertz CT molecular complexity index is 717. The first-order valence-electron chi connectivity index (χ1n) is 6.37. The molecule has 0 aliphatic heterocycles. The van der Waals surface area contributed by atoms with E-state index >= 15 is 0 Å². The maximum absolute atomic E-state index is 11.6. The molecule has 0 heterocycles. The number of benzene rings is 2. The van der Waals surface area contributed by atoms with E-state index in [1.165, 1.54) is 0 Å². The van der Waals surface area contributed by atoms with Gasteiger partial charge < -0.3 is 20.0 Å². The average molecular weight is 296 g/mol. The van der Waals surface area contributed by atoms with Gasteiger partial charge in [-0.25, -0.2) is 0 Å². The number of phenols is 2. The lowest BCUT2D eigenvalue weighted by molar-refractivity contribution is 0.383. The number of hydrogen-bond acceptors (Lipinski definition) is 3. The zero-order valence-corrected chi connectivity index (χ0v) is 12.2. The van der Waals surface area contributed by atoms with E-state index in [2.05, 4.69) is 0 Å².